The van der Waals surface area contributed by atoms with Gasteiger partial charge >= 0.3 is 11.9 Å². The fourth-order valence-corrected chi connectivity index (χ4v) is 5.28. The van der Waals surface area contributed by atoms with E-state index in [1.165, 1.54) is 6.92 Å². The molecule has 2 saturated carbocycles. The van der Waals surface area contributed by atoms with Crippen molar-refractivity contribution < 1.29 is 24.2 Å². The van der Waals surface area contributed by atoms with E-state index >= 15 is 0 Å². The zero-order valence-electron chi connectivity index (χ0n) is 13.7. The Kier molecular flexibility index (Phi) is 3.75. The number of hydrogen-bond donors (Lipinski definition) is 1. The molecule has 1 heterocycles. The molecule has 0 bridgehead atoms. The highest BCUT2D eigenvalue weighted by molar-refractivity contribution is 5.75. The molecule has 1 saturated heterocycles. The molecule has 0 aromatic rings. The van der Waals surface area contributed by atoms with Crippen molar-refractivity contribution in [2.75, 3.05) is 0 Å². The van der Waals surface area contributed by atoms with E-state index in [0.717, 1.165) is 12.8 Å². The Morgan fingerprint density at radius 2 is 2.05 bits per heavy atom. The first-order valence-corrected chi connectivity index (χ1v) is 8.31. The summed E-state index contributed by atoms with van der Waals surface area (Å²) in [6, 6.07) is 0. The number of rotatable bonds is 1. The van der Waals surface area contributed by atoms with Crippen LogP contribution >= 0.6 is 0 Å². The minimum atomic E-state index is -0.442. The third kappa shape index (κ3) is 2.16. The molecular formula is C17H26O5. The highest BCUT2D eigenvalue weighted by Crippen LogP contribution is 2.58. The molecule has 124 valence electrons. The van der Waals surface area contributed by atoms with Gasteiger partial charge in [-0.05, 0) is 25.2 Å². The van der Waals surface area contributed by atoms with E-state index < -0.39 is 6.10 Å². The van der Waals surface area contributed by atoms with Gasteiger partial charge in [-0.1, -0.05) is 20.8 Å². The fraction of sp³-hybridized carbons (Fsp3) is 0.882. The average Bonchev–Trinajstić information content (AvgIpc) is 2.68. The summed E-state index contributed by atoms with van der Waals surface area (Å²) in [5.41, 5.74) is -0.372. The number of esters is 2. The largest absolute Gasteiger partial charge is 0.462 e. The molecule has 0 amide bonds. The van der Waals surface area contributed by atoms with E-state index in [-0.39, 0.29) is 47.3 Å². The summed E-state index contributed by atoms with van der Waals surface area (Å²) in [5, 5.41) is 10.6. The zero-order valence-corrected chi connectivity index (χ0v) is 13.7. The number of hydrogen-bond acceptors (Lipinski definition) is 5. The van der Waals surface area contributed by atoms with Crippen LogP contribution in [0.3, 0.4) is 0 Å². The molecule has 3 rings (SSSR count). The maximum atomic E-state index is 12.0. The lowest BCUT2D eigenvalue weighted by Gasteiger charge is -2.56. The van der Waals surface area contributed by atoms with Crippen molar-refractivity contribution in [3.05, 3.63) is 0 Å². The Balaban J connectivity index is 2.03. The summed E-state index contributed by atoms with van der Waals surface area (Å²) < 4.78 is 11.2. The lowest BCUT2D eigenvalue weighted by Crippen LogP contribution is -2.60. The van der Waals surface area contributed by atoms with Crippen LogP contribution in [0.15, 0.2) is 0 Å². The topological polar surface area (TPSA) is 72.8 Å². The van der Waals surface area contributed by atoms with E-state index in [4.69, 9.17) is 9.47 Å². The maximum Gasteiger partial charge on any atom is 0.309 e. The molecule has 5 heteroatoms. The van der Waals surface area contributed by atoms with Crippen LogP contribution in [0.1, 0.15) is 47.0 Å². The van der Waals surface area contributed by atoms with Gasteiger partial charge in [-0.2, -0.15) is 0 Å². The molecule has 0 spiro atoms. The molecule has 22 heavy (non-hydrogen) atoms. The molecule has 3 aliphatic rings. The van der Waals surface area contributed by atoms with Crippen LogP contribution in [-0.2, 0) is 19.1 Å². The van der Waals surface area contributed by atoms with Crippen LogP contribution in [0.5, 0.6) is 0 Å². The van der Waals surface area contributed by atoms with Crippen molar-refractivity contribution in [3.63, 3.8) is 0 Å². The maximum absolute atomic E-state index is 12.0. The first-order chi connectivity index (χ1) is 10.3. The third-order valence-corrected chi connectivity index (χ3v) is 6.35. The minimum absolute atomic E-state index is 0.0679. The van der Waals surface area contributed by atoms with Crippen molar-refractivity contribution in [3.8, 4) is 0 Å². The van der Waals surface area contributed by atoms with Crippen LogP contribution in [0.25, 0.3) is 0 Å². The summed E-state index contributed by atoms with van der Waals surface area (Å²) in [4.78, 5) is 23.7. The Morgan fingerprint density at radius 3 is 2.68 bits per heavy atom. The fourth-order valence-electron chi connectivity index (χ4n) is 5.28. The molecule has 5 nitrogen and oxygen atoms in total. The second-order valence-electron chi connectivity index (χ2n) is 7.72. The number of aliphatic hydroxyl groups excluding tert-OH is 1. The highest BCUT2D eigenvalue weighted by Gasteiger charge is 2.63. The lowest BCUT2D eigenvalue weighted by molar-refractivity contribution is -0.201. The zero-order chi connectivity index (χ0) is 16.2. The number of carbonyl (C=O) groups is 2. The van der Waals surface area contributed by atoms with E-state index in [9.17, 15) is 14.7 Å². The summed E-state index contributed by atoms with van der Waals surface area (Å²) in [6.07, 6.45) is 1.27. The van der Waals surface area contributed by atoms with E-state index in [1.807, 2.05) is 6.92 Å². The number of ether oxygens (including phenoxy) is 2. The molecule has 0 aromatic carbocycles. The normalized spacial score (nSPS) is 50.8. The Labute approximate surface area is 131 Å². The second kappa shape index (κ2) is 5.22. The quantitative estimate of drug-likeness (QED) is 0.749. The lowest BCUT2D eigenvalue weighted by atomic mass is 9.51. The van der Waals surface area contributed by atoms with E-state index in [1.54, 1.807) is 0 Å². The van der Waals surface area contributed by atoms with Crippen LogP contribution in [-0.4, -0.2) is 35.4 Å². The van der Waals surface area contributed by atoms with Gasteiger partial charge in [0.15, 0.2) is 0 Å². The van der Waals surface area contributed by atoms with Gasteiger partial charge in [0.2, 0.25) is 0 Å². The minimum Gasteiger partial charge on any atom is -0.462 e. The summed E-state index contributed by atoms with van der Waals surface area (Å²) >= 11 is 0. The molecule has 8 unspecified atom stereocenters. The van der Waals surface area contributed by atoms with E-state index in [2.05, 4.69) is 13.8 Å². The number of carbonyl (C=O) groups excluding carboxylic acids is 2. The number of aliphatic hydroxyl groups is 1. The molecule has 2 aliphatic carbocycles. The Morgan fingerprint density at radius 1 is 1.36 bits per heavy atom. The van der Waals surface area contributed by atoms with Crippen LogP contribution in [0.4, 0.5) is 0 Å². The van der Waals surface area contributed by atoms with Gasteiger partial charge in [0.05, 0.1) is 12.0 Å². The van der Waals surface area contributed by atoms with Crippen molar-refractivity contribution >= 4 is 11.9 Å². The Bertz CT molecular complexity index is 489. The Hall–Kier alpha value is -1.10. The van der Waals surface area contributed by atoms with Crippen LogP contribution < -0.4 is 0 Å². The van der Waals surface area contributed by atoms with Crippen molar-refractivity contribution in [2.45, 2.75) is 65.3 Å². The van der Waals surface area contributed by atoms with Gasteiger partial charge in [0.1, 0.15) is 12.2 Å². The predicted octanol–water partition coefficient (Wildman–Crippen LogP) is 1.91. The van der Waals surface area contributed by atoms with Crippen molar-refractivity contribution in [1.29, 1.82) is 0 Å². The molecular weight excluding hydrogens is 284 g/mol. The van der Waals surface area contributed by atoms with Crippen LogP contribution in [0, 0.1) is 29.1 Å². The van der Waals surface area contributed by atoms with Gasteiger partial charge in [-0.15, -0.1) is 0 Å². The van der Waals surface area contributed by atoms with Gasteiger partial charge in [0, 0.05) is 24.2 Å². The van der Waals surface area contributed by atoms with Crippen LogP contribution in [0.2, 0.25) is 0 Å². The first-order valence-electron chi connectivity index (χ1n) is 8.31. The monoisotopic (exact) mass is 310 g/mol. The summed E-state index contributed by atoms with van der Waals surface area (Å²) in [7, 11) is 0. The molecule has 8 atom stereocenters. The summed E-state index contributed by atoms with van der Waals surface area (Å²) in [5.74, 6) is -0.476. The first kappa shape index (κ1) is 15.8. The summed E-state index contributed by atoms with van der Waals surface area (Å²) in [6.45, 7) is 7.48. The van der Waals surface area contributed by atoms with Crippen molar-refractivity contribution in [1.82, 2.24) is 0 Å². The average molecular weight is 310 g/mol. The van der Waals surface area contributed by atoms with Crippen molar-refractivity contribution in [2.24, 2.45) is 29.1 Å². The highest BCUT2D eigenvalue weighted by atomic mass is 16.6. The predicted molar refractivity (Wildman–Crippen MR) is 78.7 cm³/mol. The molecule has 1 N–H and O–H groups in total. The van der Waals surface area contributed by atoms with Gasteiger partial charge in [0.25, 0.3) is 0 Å². The van der Waals surface area contributed by atoms with E-state index in [0.29, 0.717) is 12.3 Å². The molecule has 0 aromatic heterocycles. The third-order valence-electron chi connectivity index (χ3n) is 6.35. The molecule has 3 fully saturated rings. The molecule has 1 aliphatic heterocycles. The second-order valence-corrected chi connectivity index (χ2v) is 7.72. The SMILES string of the molecule is CC(=O)OC1C2C(CC3(C)C(O)CCC(C)C13)OC(=O)C2C. The smallest absolute Gasteiger partial charge is 0.309 e. The number of fused-ring (bicyclic) bond motifs is 2. The standard InChI is InChI=1S/C17H26O5/c1-8-5-6-12(19)17(4)7-11-13(9(2)16(20)22-11)15(14(8)17)21-10(3)18/h8-9,11-15,19H,5-7H2,1-4H3. The molecule has 0 radical (unpaired) electrons. The van der Waals surface area contributed by atoms with Gasteiger partial charge in [-0.3, -0.25) is 9.59 Å². The van der Waals surface area contributed by atoms with Gasteiger partial charge < -0.3 is 14.6 Å². The van der Waals surface area contributed by atoms with Gasteiger partial charge in [-0.25, -0.2) is 0 Å².